The van der Waals surface area contributed by atoms with Gasteiger partial charge in [0, 0.05) is 18.5 Å². The number of Topliss-reactive ketones (excluding diaryl/α,β-unsaturated/α-hetero) is 1. The molecule has 4 heteroatoms. The molecule has 0 saturated carbocycles. The van der Waals surface area contributed by atoms with Gasteiger partial charge in [-0.25, -0.2) is 0 Å². The third-order valence-electron chi connectivity index (χ3n) is 3.58. The number of anilines is 1. The lowest BCUT2D eigenvalue weighted by Gasteiger charge is -2.21. The van der Waals surface area contributed by atoms with Gasteiger partial charge in [-0.2, -0.15) is 0 Å². The summed E-state index contributed by atoms with van der Waals surface area (Å²) in [5, 5.41) is 10.8. The van der Waals surface area contributed by atoms with Crippen molar-refractivity contribution in [1.82, 2.24) is 0 Å². The Labute approximate surface area is 118 Å². The molecule has 4 nitrogen and oxygen atoms in total. The van der Waals surface area contributed by atoms with Gasteiger partial charge in [0.2, 0.25) is 0 Å². The van der Waals surface area contributed by atoms with Crippen LogP contribution in [0.15, 0.2) is 24.8 Å². The summed E-state index contributed by atoms with van der Waals surface area (Å²) in [5.41, 5.74) is 1.34. The van der Waals surface area contributed by atoms with Crippen molar-refractivity contribution in [2.24, 2.45) is 0 Å². The quantitative estimate of drug-likeness (QED) is 0.854. The van der Waals surface area contributed by atoms with Gasteiger partial charge in [-0.3, -0.25) is 9.59 Å². The molecule has 1 aromatic carbocycles. The molecule has 0 saturated heterocycles. The van der Waals surface area contributed by atoms with E-state index in [2.05, 4.69) is 6.58 Å². The van der Waals surface area contributed by atoms with Crippen LogP contribution in [0.1, 0.15) is 30.0 Å². The highest BCUT2D eigenvalue weighted by Gasteiger charge is 2.50. The number of nitrogens with zero attached hydrogens (tertiary/aromatic N) is 1. The van der Waals surface area contributed by atoms with Crippen LogP contribution in [0.2, 0.25) is 0 Å². The Balaban J connectivity index is 2.68. The summed E-state index contributed by atoms with van der Waals surface area (Å²) in [7, 11) is 0. The van der Waals surface area contributed by atoms with Crippen LogP contribution in [0.4, 0.5) is 5.69 Å². The lowest BCUT2D eigenvalue weighted by Crippen LogP contribution is -2.41. The van der Waals surface area contributed by atoms with Crippen molar-refractivity contribution in [3.05, 3.63) is 41.5 Å². The number of aryl methyl sites for hydroxylation is 2. The monoisotopic (exact) mass is 273 g/mol. The lowest BCUT2D eigenvalue weighted by molar-refractivity contribution is -0.141. The summed E-state index contributed by atoms with van der Waals surface area (Å²) < 4.78 is 0. The van der Waals surface area contributed by atoms with Gasteiger partial charge in [-0.15, -0.1) is 6.58 Å². The lowest BCUT2D eigenvalue weighted by atomic mass is 9.88. The molecule has 0 radical (unpaired) electrons. The maximum Gasteiger partial charge on any atom is 0.264 e. The zero-order valence-corrected chi connectivity index (χ0v) is 12.1. The summed E-state index contributed by atoms with van der Waals surface area (Å²) >= 11 is 0. The van der Waals surface area contributed by atoms with Gasteiger partial charge in [0.1, 0.15) is 5.78 Å². The van der Waals surface area contributed by atoms with Crippen LogP contribution >= 0.6 is 0 Å². The number of ketones is 1. The Morgan fingerprint density at radius 3 is 2.65 bits per heavy atom. The number of hydrogen-bond donors (Lipinski definition) is 1. The molecular formula is C16H19NO3. The standard InChI is InChI=1S/C16H19NO3/c1-5-6-17-14-11(3)7-10(2)8-13(14)16(20,15(17)19)9-12(4)18/h5,7-8,20H,1,6,9H2,2-4H3/t16-/m1/s1. The number of carbonyl (C=O) groups excluding carboxylic acids is 2. The van der Waals surface area contributed by atoms with Gasteiger partial charge >= 0.3 is 0 Å². The first kappa shape index (κ1) is 14.5. The Hall–Kier alpha value is -1.94. The van der Waals surface area contributed by atoms with Crippen LogP contribution in [0.3, 0.4) is 0 Å². The largest absolute Gasteiger partial charge is 0.375 e. The smallest absolute Gasteiger partial charge is 0.264 e. The van der Waals surface area contributed by atoms with Crippen LogP contribution in [0.25, 0.3) is 0 Å². The van der Waals surface area contributed by atoms with E-state index in [0.717, 1.165) is 11.1 Å². The fourth-order valence-corrected chi connectivity index (χ4v) is 2.91. The molecule has 1 heterocycles. The van der Waals surface area contributed by atoms with E-state index in [-0.39, 0.29) is 12.2 Å². The summed E-state index contributed by atoms with van der Waals surface area (Å²) in [6.07, 6.45) is 1.41. The van der Waals surface area contributed by atoms with E-state index in [1.807, 2.05) is 19.9 Å². The van der Waals surface area contributed by atoms with Crippen LogP contribution in [-0.4, -0.2) is 23.3 Å². The van der Waals surface area contributed by atoms with E-state index in [4.69, 9.17) is 0 Å². The topological polar surface area (TPSA) is 57.6 Å². The van der Waals surface area contributed by atoms with Gasteiger partial charge in [-0.05, 0) is 26.3 Å². The van der Waals surface area contributed by atoms with E-state index in [9.17, 15) is 14.7 Å². The maximum atomic E-state index is 12.5. The molecule has 1 aromatic rings. The van der Waals surface area contributed by atoms with Gasteiger partial charge in [-0.1, -0.05) is 23.8 Å². The molecule has 1 aliphatic rings. The Morgan fingerprint density at radius 1 is 1.45 bits per heavy atom. The molecule has 0 spiro atoms. The molecular weight excluding hydrogens is 254 g/mol. The SMILES string of the molecule is C=CCN1C(=O)[C@@](O)(CC(C)=O)c2cc(C)cc(C)c21. The average molecular weight is 273 g/mol. The van der Waals surface area contributed by atoms with E-state index >= 15 is 0 Å². The molecule has 0 fully saturated rings. The zero-order valence-electron chi connectivity index (χ0n) is 12.1. The molecule has 0 bridgehead atoms. The Bertz CT molecular complexity index is 606. The first-order chi connectivity index (χ1) is 9.31. The van der Waals surface area contributed by atoms with E-state index in [1.54, 1.807) is 12.1 Å². The Morgan fingerprint density at radius 2 is 2.10 bits per heavy atom. The van der Waals surface area contributed by atoms with Crippen molar-refractivity contribution in [1.29, 1.82) is 0 Å². The normalized spacial score (nSPS) is 21.0. The second kappa shape index (κ2) is 4.87. The number of amides is 1. The molecule has 1 amide bonds. The molecule has 2 rings (SSSR count). The summed E-state index contributed by atoms with van der Waals surface area (Å²) in [5.74, 6) is -0.664. The highest BCUT2D eigenvalue weighted by atomic mass is 16.3. The molecule has 1 N–H and O–H groups in total. The van der Waals surface area contributed by atoms with Gasteiger partial charge < -0.3 is 10.0 Å². The molecule has 0 unspecified atom stereocenters. The van der Waals surface area contributed by atoms with E-state index in [0.29, 0.717) is 17.8 Å². The Kier molecular flexibility index (Phi) is 3.52. The van der Waals surface area contributed by atoms with Crippen LogP contribution in [0, 0.1) is 13.8 Å². The van der Waals surface area contributed by atoms with Gasteiger partial charge in [0.25, 0.3) is 5.91 Å². The second-order valence-corrected chi connectivity index (χ2v) is 5.42. The first-order valence-corrected chi connectivity index (χ1v) is 6.57. The van der Waals surface area contributed by atoms with Crippen molar-refractivity contribution in [3.63, 3.8) is 0 Å². The van der Waals surface area contributed by atoms with Crippen molar-refractivity contribution in [2.75, 3.05) is 11.4 Å². The second-order valence-electron chi connectivity index (χ2n) is 5.42. The highest BCUT2D eigenvalue weighted by Crippen LogP contribution is 2.44. The number of rotatable bonds is 4. The fraction of sp³-hybridized carbons (Fsp3) is 0.375. The number of aliphatic hydroxyl groups is 1. The van der Waals surface area contributed by atoms with Crippen molar-refractivity contribution in [3.8, 4) is 0 Å². The summed E-state index contributed by atoms with van der Waals surface area (Å²) in [6, 6.07) is 3.74. The average Bonchev–Trinajstić information content (AvgIpc) is 2.52. The van der Waals surface area contributed by atoms with Crippen molar-refractivity contribution >= 4 is 17.4 Å². The fourth-order valence-electron chi connectivity index (χ4n) is 2.91. The highest BCUT2D eigenvalue weighted by molar-refractivity contribution is 6.09. The number of carbonyl (C=O) groups is 2. The van der Waals surface area contributed by atoms with E-state index in [1.165, 1.54) is 11.8 Å². The third kappa shape index (κ3) is 2.06. The first-order valence-electron chi connectivity index (χ1n) is 6.57. The summed E-state index contributed by atoms with van der Waals surface area (Å²) in [4.78, 5) is 25.5. The predicted octanol–water partition coefficient (Wildman–Crippen LogP) is 2.00. The van der Waals surface area contributed by atoms with Crippen molar-refractivity contribution in [2.45, 2.75) is 32.8 Å². The maximum absolute atomic E-state index is 12.5. The van der Waals surface area contributed by atoms with Crippen LogP contribution in [0.5, 0.6) is 0 Å². The summed E-state index contributed by atoms with van der Waals surface area (Å²) in [6.45, 7) is 9.14. The molecule has 1 atom stereocenters. The molecule has 0 aliphatic carbocycles. The van der Waals surface area contributed by atoms with Gasteiger partial charge in [0.15, 0.2) is 5.60 Å². The molecule has 0 aromatic heterocycles. The van der Waals surface area contributed by atoms with Crippen LogP contribution < -0.4 is 4.90 Å². The minimum atomic E-state index is -1.75. The predicted molar refractivity (Wildman–Crippen MR) is 77.7 cm³/mol. The zero-order chi connectivity index (χ0) is 15.1. The minimum Gasteiger partial charge on any atom is -0.375 e. The number of hydrogen-bond acceptors (Lipinski definition) is 3. The van der Waals surface area contributed by atoms with E-state index < -0.39 is 11.5 Å². The number of fused-ring (bicyclic) bond motifs is 1. The molecule has 1 aliphatic heterocycles. The van der Waals surface area contributed by atoms with Crippen molar-refractivity contribution < 1.29 is 14.7 Å². The van der Waals surface area contributed by atoms with Crippen LogP contribution in [-0.2, 0) is 15.2 Å². The molecule has 106 valence electrons. The number of benzene rings is 1. The van der Waals surface area contributed by atoms with Gasteiger partial charge in [0.05, 0.1) is 5.69 Å². The molecule has 20 heavy (non-hydrogen) atoms. The minimum absolute atomic E-state index is 0.199. The third-order valence-corrected chi connectivity index (χ3v) is 3.58.